The first kappa shape index (κ1) is 21.4. The van der Waals surface area contributed by atoms with Crippen molar-refractivity contribution in [1.82, 2.24) is 20.3 Å². The Morgan fingerprint density at radius 3 is 2.90 bits per heavy atom. The van der Waals surface area contributed by atoms with Crippen LogP contribution in [0, 0.1) is 5.92 Å². The van der Waals surface area contributed by atoms with Gasteiger partial charge in [0, 0.05) is 23.4 Å². The molecule has 3 aromatic rings. The number of aromatic amines is 1. The van der Waals surface area contributed by atoms with Crippen LogP contribution in [-0.2, 0) is 4.79 Å². The van der Waals surface area contributed by atoms with Crippen molar-refractivity contribution in [3.8, 4) is 16.5 Å². The Labute approximate surface area is 180 Å². The van der Waals surface area contributed by atoms with Crippen LogP contribution in [0.5, 0.6) is 5.06 Å². The predicted molar refractivity (Wildman–Crippen MR) is 110 cm³/mol. The highest BCUT2D eigenvalue weighted by atomic mass is 32.1. The number of H-pyrrole nitrogens is 1. The smallest absolute Gasteiger partial charge is 0.422 e. The van der Waals surface area contributed by atoms with Gasteiger partial charge in [0.1, 0.15) is 5.82 Å². The van der Waals surface area contributed by atoms with Gasteiger partial charge in [-0.1, -0.05) is 6.07 Å². The maximum absolute atomic E-state index is 12.4. The maximum Gasteiger partial charge on any atom is 0.422 e. The molecule has 0 unspecified atom stereocenters. The van der Waals surface area contributed by atoms with Crippen molar-refractivity contribution < 1.29 is 22.7 Å². The number of carbonyl (C=O) groups excluding carboxylic acids is 1. The molecule has 3 heterocycles. The monoisotopic (exact) mass is 450 g/mol. The van der Waals surface area contributed by atoms with Gasteiger partial charge in [0.25, 0.3) is 0 Å². The van der Waals surface area contributed by atoms with Crippen molar-refractivity contribution in [3.63, 3.8) is 0 Å². The van der Waals surface area contributed by atoms with E-state index < -0.39 is 12.8 Å². The third-order valence-electron chi connectivity index (χ3n) is 5.04. The Hall–Kier alpha value is -2.88. The van der Waals surface area contributed by atoms with Gasteiger partial charge in [-0.05, 0) is 43.5 Å². The Bertz CT molecular complexity index is 1030. The van der Waals surface area contributed by atoms with E-state index in [2.05, 4.69) is 20.3 Å². The molecule has 164 valence electrons. The number of aromatic nitrogens is 3. The molecule has 4 rings (SSSR count). The maximum atomic E-state index is 12.4. The quantitative estimate of drug-likeness (QED) is 0.514. The van der Waals surface area contributed by atoms with E-state index in [0.717, 1.165) is 39.8 Å². The summed E-state index contributed by atoms with van der Waals surface area (Å²) in [4.78, 5) is 25.2. The average molecular weight is 450 g/mol. The van der Waals surface area contributed by atoms with E-state index >= 15 is 0 Å². The highest BCUT2D eigenvalue weighted by Gasteiger charge is 2.41. The second-order valence-electron chi connectivity index (χ2n) is 7.55. The van der Waals surface area contributed by atoms with Crippen molar-refractivity contribution in [2.45, 2.75) is 37.9 Å². The molecule has 10 heteroatoms. The minimum Gasteiger partial charge on any atom is -0.475 e. The lowest BCUT2D eigenvalue weighted by molar-refractivity contribution is -0.152. The minimum atomic E-state index is -4.38. The third-order valence-corrected chi connectivity index (χ3v) is 6.22. The van der Waals surface area contributed by atoms with Gasteiger partial charge in [-0.25, -0.2) is 4.98 Å². The fourth-order valence-corrected chi connectivity index (χ4v) is 4.25. The Balaban J connectivity index is 1.26. The molecular formula is C21H21F3N4O2S. The van der Waals surface area contributed by atoms with Crippen LogP contribution in [0.3, 0.4) is 0 Å². The molecule has 1 amide bonds. The number of nitrogens with zero attached hydrogens (tertiary/aromatic N) is 2. The molecule has 0 aromatic carbocycles. The molecule has 3 atom stereocenters. The summed E-state index contributed by atoms with van der Waals surface area (Å²) < 4.78 is 41.5. The number of hydrogen-bond donors (Lipinski definition) is 2. The zero-order valence-electron chi connectivity index (χ0n) is 16.6. The van der Waals surface area contributed by atoms with Crippen LogP contribution < -0.4 is 10.1 Å². The van der Waals surface area contributed by atoms with Gasteiger partial charge < -0.3 is 15.0 Å². The predicted octanol–water partition coefficient (Wildman–Crippen LogP) is 4.85. The van der Waals surface area contributed by atoms with Crippen molar-refractivity contribution >= 4 is 17.2 Å². The highest BCUT2D eigenvalue weighted by molar-refractivity contribution is 7.13. The summed E-state index contributed by atoms with van der Waals surface area (Å²) in [7, 11) is 0. The molecule has 1 aliphatic carbocycles. The van der Waals surface area contributed by atoms with Crippen LogP contribution in [-0.4, -0.2) is 33.6 Å². The van der Waals surface area contributed by atoms with Crippen molar-refractivity contribution in [3.05, 3.63) is 53.4 Å². The zero-order chi connectivity index (χ0) is 22.0. The number of halogens is 3. The molecule has 2 N–H and O–H groups in total. The number of carbonyl (C=O) groups is 1. The fraction of sp³-hybridized carbons (Fsp3) is 0.381. The molecule has 0 radical (unpaired) electrons. The molecule has 3 aromatic heterocycles. The van der Waals surface area contributed by atoms with E-state index in [-0.39, 0.29) is 28.8 Å². The van der Waals surface area contributed by atoms with Gasteiger partial charge in [-0.2, -0.15) is 13.2 Å². The van der Waals surface area contributed by atoms with Crippen LogP contribution in [0.4, 0.5) is 13.2 Å². The molecule has 0 spiro atoms. The summed E-state index contributed by atoms with van der Waals surface area (Å²) in [6, 6.07) is 8.51. The number of imidazole rings is 1. The van der Waals surface area contributed by atoms with E-state index in [1.165, 1.54) is 6.07 Å². The standard InChI is InChI=1S/C21H21F3N4O2S/c1-12(17-5-6-19(31-17)30-11-21(22,23)24)27-18(29)9-13-8-14(13)20-26-10-16(28-20)15-4-2-3-7-25-15/h2-7,10,12-14H,8-9,11H2,1H3,(H,26,28)(H,27,29)/t12-,13+,14-/m1/s1. The second kappa shape index (κ2) is 8.70. The largest absolute Gasteiger partial charge is 0.475 e. The van der Waals surface area contributed by atoms with Gasteiger partial charge in [0.2, 0.25) is 5.91 Å². The van der Waals surface area contributed by atoms with Gasteiger partial charge in [-0.3, -0.25) is 9.78 Å². The SMILES string of the molecule is C[C@@H](NC(=O)C[C@@H]1C[C@H]1c1ncc(-c2ccccn2)[nH]1)c1ccc(OCC(F)(F)F)s1. The lowest BCUT2D eigenvalue weighted by Crippen LogP contribution is -2.26. The first-order valence-electron chi connectivity index (χ1n) is 9.83. The number of ether oxygens (including phenoxy) is 1. The molecule has 1 fully saturated rings. The molecule has 0 aliphatic heterocycles. The van der Waals surface area contributed by atoms with Crippen molar-refractivity contribution in [2.24, 2.45) is 5.92 Å². The van der Waals surface area contributed by atoms with E-state index in [1.807, 2.05) is 18.2 Å². The Morgan fingerprint density at radius 2 is 2.16 bits per heavy atom. The fourth-order valence-electron chi connectivity index (χ4n) is 3.39. The lowest BCUT2D eigenvalue weighted by atomic mass is 10.2. The molecule has 6 nitrogen and oxygen atoms in total. The number of alkyl halides is 3. The molecule has 0 saturated heterocycles. The number of pyridine rings is 1. The number of amides is 1. The number of thiophene rings is 1. The molecular weight excluding hydrogens is 429 g/mol. The van der Waals surface area contributed by atoms with E-state index in [1.54, 1.807) is 25.4 Å². The molecule has 0 bridgehead atoms. The van der Waals surface area contributed by atoms with E-state index in [9.17, 15) is 18.0 Å². The third kappa shape index (κ3) is 5.63. The minimum absolute atomic E-state index is 0.0948. The normalized spacial score (nSPS) is 19.1. The number of rotatable bonds is 8. The molecule has 31 heavy (non-hydrogen) atoms. The van der Waals surface area contributed by atoms with E-state index in [4.69, 9.17) is 4.74 Å². The topological polar surface area (TPSA) is 79.9 Å². The average Bonchev–Trinajstić information content (AvgIpc) is 3.14. The summed E-state index contributed by atoms with van der Waals surface area (Å²) in [5, 5.41) is 3.09. The van der Waals surface area contributed by atoms with Gasteiger partial charge in [0.05, 0.1) is 23.6 Å². The summed E-state index contributed by atoms with van der Waals surface area (Å²) in [5.74, 6) is 1.19. The van der Waals surface area contributed by atoms with Crippen LogP contribution in [0.15, 0.2) is 42.7 Å². The summed E-state index contributed by atoms with van der Waals surface area (Å²) in [6.07, 6.45) is 0.352. The lowest BCUT2D eigenvalue weighted by Gasteiger charge is -2.12. The van der Waals surface area contributed by atoms with Gasteiger partial charge in [0.15, 0.2) is 11.7 Å². The highest BCUT2D eigenvalue weighted by Crippen LogP contribution is 2.48. The first-order chi connectivity index (χ1) is 14.8. The van der Waals surface area contributed by atoms with Gasteiger partial charge in [-0.15, -0.1) is 11.3 Å². The van der Waals surface area contributed by atoms with Gasteiger partial charge >= 0.3 is 6.18 Å². The van der Waals surface area contributed by atoms with Crippen LogP contribution in [0.2, 0.25) is 0 Å². The second-order valence-corrected chi connectivity index (χ2v) is 8.63. The number of hydrogen-bond acceptors (Lipinski definition) is 5. The summed E-state index contributed by atoms with van der Waals surface area (Å²) >= 11 is 1.10. The summed E-state index contributed by atoms with van der Waals surface area (Å²) in [6.45, 7) is 0.471. The zero-order valence-corrected chi connectivity index (χ0v) is 17.5. The van der Waals surface area contributed by atoms with E-state index in [0.29, 0.717) is 6.42 Å². The first-order valence-corrected chi connectivity index (χ1v) is 10.6. The van der Waals surface area contributed by atoms with Crippen molar-refractivity contribution in [2.75, 3.05) is 6.61 Å². The van der Waals surface area contributed by atoms with Crippen molar-refractivity contribution in [1.29, 1.82) is 0 Å². The van der Waals surface area contributed by atoms with Crippen LogP contribution >= 0.6 is 11.3 Å². The van der Waals surface area contributed by atoms with Crippen LogP contribution in [0.1, 0.15) is 42.4 Å². The molecule has 1 saturated carbocycles. The Morgan fingerprint density at radius 1 is 1.32 bits per heavy atom. The molecule has 1 aliphatic rings. The Kier molecular flexibility index (Phi) is 5.99. The van der Waals surface area contributed by atoms with Crippen LogP contribution in [0.25, 0.3) is 11.4 Å². The number of nitrogens with one attached hydrogen (secondary N) is 2. The summed E-state index contributed by atoms with van der Waals surface area (Å²) in [5.41, 5.74) is 1.67.